The molecule has 0 amide bonds. The average molecular weight is 229 g/mol. The van der Waals surface area contributed by atoms with Crippen molar-refractivity contribution in [1.82, 2.24) is 5.32 Å². The van der Waals surface area contributed by atoms with Crippen LogP contribution in [0.25, 0.3) is 0 Å². The molecule has 1 aliphatic heterocycles. The molecule has 0 radical (unpaired) electrons. The van der Waals surface area contributed by atoms with Crippen molar-refractivity contribution in [2.75, 3.05) is 11.5 Å². The lowest BCUT2D eigenvalue weighted by Crippen LogP contribution is -2.37. The van der Waals surface area contributed by atoms with Gasteiger partial charge in [0.05, 0.1) is 0 Å². The molecule has 1 heterocycles. The third-order valence-corrected chi connectivity index (χ3v) is 3.79. The first-order valence-corrected chi connectivity index (χ1v) is 6.11. The van der Waals surface area contributed by atoms with Gasteiger partial charge in [-0.15, -0.1) is 0 Å². The standard InChI is InChI=1S/C11H13F2NS/c1-7-5-15-6-11(14-7)8-2-3-9(12)10(13)4-8/h2-4,7,11,14H,5-6H2,1H3. The molecule has 82 valence electrons. The summed E-state index contributed by atoms with van der Waals surface area (Å²) in [5, 5.41) is 3.37. The van der Waals surface area contributed by atoms with Gasteiger partial charge in [-0.3, -0.25) is 0 Å². The molecule has 0 spiro atoms. The first kappa shape index (κ1) is 10.9. The lowest BCUT2D eigenvalue weighted by molar-refractivity contribution is 0.484. The Morgan fingerprint density at radius 1 is 1.27 bits per heavy atom. The second kappa shape index (κ2) is 4.49. The number of rotatable bonds is 1. The molecule has 2 unspecified atom stereocenters. The first-order valence-electron chi connectivity index (χ1n) is 4.95. The second-order valence-electron chi connectivity index (χ2n) is 3.83. The van der Waals surface area contributed by atoms with Gasteiger partial charge >= 0.3 is 0 Å². The van der Waals surface area contributed by atoms with Crippen molar-refractivity contribution in [3.05, 3.63) is 35.4 Å². The van der Waals surface area contributed by atoms with E-state index in [0.717, 1.165) is 17.1 Å². The summed E-state index contributed by atoms with van der Waals surface area (Å²) in [4.78, 5) is 0. The van der Waals surface area contributed by atoms with Gasteiger partial charge in [-0.1, -0.05) is 6.07 Å². The Labute approximate surface area is 92.3 Å². The molecule has 1 nitrogen and oxygen atoms in total. The summed E-state index contributed by atoms with van der Waals surface area (Å²) in [6, 6.07) is 4.67. The quantitative estimate of drug-likeness (QED) is 0.794. The smallest absolute Gasteiger partial charge is 0.159 e. The van der Waals surface area contributed by atoms with Gasteiger partial charge in [0, 0.05) is 23.6 Å². The molecule has 2 rings (SSSR count). The van der Waals surface area contributed by atoms with Crippen LogP contribution in [0.3, 0.4) is 0 Å². The maximum Gasteiger partial charge on any atom is 0.159 e. The zero-order chi connectivity index (χ0) is 10.8. The maximum atomic E-state index is 13.0. The van der Waals surface area contributed by atoms with E-state index in [1.54, 1.807) is 6.07 Å². The number of hydrogen-bond acceptors (Lipinski definition) is 2. The largest absolute Gasteiger partial charge is 0.306 e. The zero-order valence-corrected chi connectivity index (χ0v) is 9.28. The van der Waals surface area contributed by atoms with E-state index in [4.69, 9.17) is 0 Å². The molecule has 2 atom stereocenters. The number of nitrogens with one attached hydrogen (secondary N) is 1. The molecule has 1 aromatic carbocycles. The molecule has 1 aromatic rings. The summed E-state index contributed by atoms with van der Waals surface area (Å²) in [5.74, 6) is 0.433. The summed E-state index contributed by atoms with van der Waals surface area (Å²) in [6.45, 7) is 2.10. The first-order chi connectivity index (χ1) is 7.16. The van der Waals surface area contributed by atoms with Crippen molar-refractivity contribution >= 4 is 11.8 Å². The summed E-state index contributed by atoms with van der Waals surface area (Å²) in [5.41, 5.74) is 0.827. The van der Waals surface area contributed by atoms with Crippen LogP contribution in [0.15, 0.2) is 18.2 Å². The van der Waals surface area contributed by atoms with Crippen molar-refractivity contribution in [3.63, 3.8) is 0 Å². The average Bonchev–Trinajstić information content (AvgIpc) is 2.22. The Hall–Kier alpha value is -0.610. The van der Waals surface area contributed by atoms with Crippen LogP contribution in [0.1, 0.15) is 18.5 Å². The van der Waals surface area contributed by atoms with Crippen molar-refractivity contribution in [1.29, 1.82) is 0 Å². The van der Waals surface area contributed by atoms with E-state index < -0.39 is 11.6 Å². The maximum absolute atomic E-state index is 13.0. The van der Waals surface area contributed by atoms with Gasteiger partial charge in [-0.25, -0.2) is 8.78 Å². The van der Waals surface area contributed by atoms with Gasteiger partial charge in [0.2, 0.25) is 0 Å². The SMILES string of the molecule is CC1CSCC(c2ccc(F)c(F)c2)N1. The summed E-state index contributed by atoms with van der Waals surface area (Å²) < 4.78 is 25.8. The second-order valence-corrected chi connectivity index (χ2v) is 4.91. The highest BCUT2D eigenvalue weighted by atomic mass is 32.2. The molecule has 1 aliphatic rings. The Morgan fingerprint density at radius 3 is 2.73 bits per heavy atom. The van der Waals surface area contributed by atoms with Crippen LogP contribution in [0.2, 0.25) is 0 Å². The highest BCUT2D eigenvalue weighted by molar-refractivity contribution is 7.99. The predicted octanol–water partition coefficient (Wildman–Crippen LogP) is 2.73. The van der Waals surface area contributed by atoms with E-state index in [1.165, 1.54) is 12.1 Å². The fourth-order valence-corrected chi connectivity index (χ4v) is 2.83. The monoisotopic (exact) mass is 229 g/mol. The normalized spacial score (nSPS) is 26.6. The molecule has 0 aromatic heterocycles. The van der Waals surface area contributed by atoms with E-state index in [9.17, 15) is 8.78 Å². The topological polar surface area (TPSA) is 12.0 Å². The van der Waals surface area contributed by atoms with Crippen molar-refractivity contribution in [2.45, 2.75) is 19.0 Å². The molecule has 4 heteroatoms. The minimum atomic E-state index is -0.782. The lowest BCUT2D eigenvalue weighted by atomic mass is 10.1. The van der Waals surface area contributed by atoms with Crippen LogP contribution in [0.4, 0.5) is 8.78 Å². The fourth-order valence-electron chi connectivity index (χ4n) is 1.72. The number of hydrogen-bond donors (Lipinski definition) is 1. The van der Waals surface area contributed by atoms with E-state index in [-0.39, 0.29) is 6.04 Å². The molecule has 0 bridgehead atoms. The van der Waals surface area contributed by atoms with Crippen LogP contribution >= 0.6 is 11.8 Å². The van der Waals surface area contributed by atoms with Gasteiger partial charge in [0.25, 0.3) is 0 Å². The lowest BCUT2D eigenvalue weighted by Gasteiger charge is -2.28. The van der Waals surface area contributed by atoms with Gasteiger partial charge in [0.1, 0.15) is 0 Å². The van der Waals surface area contributed by atoms with Crippen LogP contribution in [0, 0.1) is 11.6 Å². The van der Waals surface area contributed by atoms with E-state index in [1.807, 2.05) is 11.8 Å². The molecular formula is C11H13F2NS. The van der Waals surface area contributed by atoms with E-state index >= 15 is 0 Å². The van der Waals surface area contributed by atoms with Crippen molar-refractivity contribution in [3.8, 4) is 0 Å². The molecule has 1 saturated heterocycles. The molecular weight excluding hydrogens is 216 g/mol. The van der Waals surface area contributed by atoms with Crippen molar-refractivity contribution < 1.29 is 8.78 Å². The Balaban J connectivity index is 2.18. The summed E-state index contributed by atoms with van der Waals surface area (Å²) >= 11 is 1.84. The van der Waals surface area contributed by atoms with Gasteiger partial charge in [-0.05, 0) is 24.6 Å². The highest BCUT2D eigenvalue weighted by Gasteiger charge is 2.20. The molecule has 1 fully saturated rings. The molecule has 0 saturated carbocycles. The van der Waals surface area contributed by atoms with Gasteiger partial charge in [-0.2, -0.15) is 11.8 Å². The minimum Gasteiger partial charge on any atom is -0.306 e. The molecule has 1 N–H and O–H groups in total. The van der Waals surface area contributed by atoms with Gasteiger partial charge in [0.15, 0.2) is 11.6 Å². The Kier molecular flexibility index (Phi) is 3.26. The summed E-state index contributed by atoms with van der Waals surface area (Å²) in [7, 11) is 0. The highest BCUT2D eigenvalue weighted by Crippen LogP contribution is 2.25. The third-order valence-electron chi connectivity index (χ3n) is 2.48. The number of benzene rings is 1. The zero-order valence-electron chi connectivity index (χ0n) is 8.47. The van der Waals surface area contributed by atoms with Crippen molar-refractivity contribution in [2.24, 2.45) is 0 Å². The van der Waals surface area contributed by atoms with Crippen LogP contribution in [-0.4, -0.2) is 17.5 Å². The van der Waals surface area contributed by atoms with E-state index in [0.29, 0.717) is 6.04 Å². The predicted molar refractivity (Wildman–Crippen MR) is 59.0 cm³/mol. The number of halogens is 2. The third kappa shape index (κ3) is 2.49. The Bertz CT molecular complexity index is 356. The van der Waals surface area contributed by atoms with Crippen LogP contribution < -0.4 is 5.32 Å². The van der Waals surface area contributed by atoms with Gasteiger partial charge < -0.3 is 5.32 Å². The minimum absolute atomic E-state index is 0.133. The summed E-state index contributed by atoms with van der Waals surface area (Å²) in [6.07, 6.45) is 0. The van der Waals surface area contributed by atoms with E-state index in [2.05, 4.69) is 12.2 Å². The fraction of sp³-hybridized carbons (Fsp3) is 0.455. The molecule has 15 heavy (non-hydrogen) atoms. The van der Waals surface area contributed by atoms with Crippen LogP contribution in [-0.2, 0) is 0 Å². The van der Waals surface area contributed by atoms with Crippen LogP contribution in [0.5, 0.6) is 0 Å². The molecule has 0 aliphatic carbocycles. The Morgan fingerprint density at radius 2 is 2.07 bits per heavy atom. The number of thioether (sulfide) groups is 1.